The van der Waals surface area contributed by atoms with E-state index in [4.69, 9.17) is 4.74 Å². The monoisotopic (exact) mass is 316 g/mol. The van der Waals surface area contributed by atoms with E-state index in [1.54, 1.807) is 23.8 Å². The summed E-state index contributed by atoms with van der Waals surface area (Å²) in [5.74, 6) is 0.0655. The summed E-state index contributed by atoms with van der Waals surface area (Å²) in [6, 6.07) is 5.67. The second kappa shape index (κ2) is 5.87. The maximum Gasteiger partial charge on any atom is 0.280 e. The largest absolute Gasteiger partial charge is 0.465 e. The fourth-order valence-electron chi connectivity index (χ4n) is 3.38. The van der Waals surface area contributed by atoms with Crippen LogP contribution in [0.15, 0.2) is 18.2 Å². The lowest BCUT2D eigenvalue weighted by atomic mass is 9.99. The van der Waals surface area contributed by atoms with E-state index in [1.165, 1.54) is 0 Å². The van der Waals surface area contributed by atoms with Crippen LogP contribution in [0.1, 0.15) is 38.2 Å². The summed E-state index contributed by atoms with van der Waals surface area (Å²) in [4.78, 5) is 29.2. The van der Waals surface area contributed by atoms with Gasteiger partial charge in [-0.3, -0.25) is 9.59 Å². The third-order valence-corrected chi connectivity index (χ3v) is 4.80. The maximum atomic E-state index is 13.0. The van der Waals surface area contributed by atoms with E-state index < -0.39 is 5.60 Å². The van der Waals surface area contributed by atoms with E-state index in [1.807, 2.05) is 25.1 Å². The van der Waals surface area contributed by atoms with Crippen LogP contribution in [0.5, 0.6) is 5.75 Å². The Morgan fingerprint density at radius 3 is 2.48 bits per heavy atom. The summed E-state index contributed by atoms with van der Waals surface area (Å²) in [6.45, 7) is 4.97. The van der Waals surface area contributed by atoms with Gasteiger partial charge in [-0.25, -0.2) is 0 Å². The Morgan fingerprint density at radius 2 is 1.83 bits per heavy atom. The van der Waals surface area contributed by atoms with Gasteiger partial charge >= 0.3 is 0 Å². The molecule has 23 heavy (non-hydrogen) atoms. The number of amides is 2. The molecule has 0 spiro atoms. The van der Waals surface area contributed by atoms with E-state index in [2.05, 4.69) is 0 Å². The highest BCUT2D eigenvalue weighted by Crippen LogP contribution is 2.38. The van der Waals surface area contributed by atoms with Gasteiger partial charge < -0.3 is 14.5 Å². The van der Waals surface area contributed by atoms with Gasteiger partial charge in [0.05, 0.1) is 5.69 Å². The highest BCUT2D eigenvalue weighted by Gasteiger charge is 2.51. The third-order valence-electron chi connectivity index (χ3n) is 4.80. The number of aryl methyl sites for hydroxylation is 1. The smallest absolute Gasteiger partial charge is 0.280 e. The van der Waals surface area contributed by atoms with Crippen molar-refractivity contribution in [2.24, 2.45) is 0 Å². The summed E-state index contributed by atoms with van der Waals surface area (Å²) in [5.41, 5.74) is 0.298. The molecule has 2 amide bonds. The van der Waals surface area contributed by atoms with Crippen molar-refractivity contribution in [1.82, 2.24) is 4.90 Å². The summed E-state index contributed by atoms with van der Waals surface area (Å²) in [5, 5.41) is 0. The van der Waals surface area contributed by atoms with Crippen LogP contribution in [0, 0.1) is 6.92 Å². The molecule has 124 valence electrons. The summed E-state index contributed by atoms with van der Waals surface area (Å²) in [7, 11) is 1.71. The van der Waals surface area contributed by atoms with Crippen molar-refractivity contribution >= 4 is 17.5 Å². The quantitative estimate of drug-likeness (QED) is 0.748. The van der Waals surface area contributed by atoms with E-state index in [9.17, 15) is 9.59 Å². The van der Waals surface area contributed by atoms with E-state index >= 15 is 0 Å². The SMILES string of the molecule is Cc1ccc2c(c1)N(C)C(=O)C(C)(C(=O)N1CCCCCC1)O2. The Balaban J connectivity index is 1.93. The molecule has 1 unspecified atom stereocenters. The number of ether oxygens (including phenoxy) is 1. The summed E-state index contributed by atoms with van der Waals surface area (Å²) < 4.78 is 5.93. The van der Waals surface area contributed by atoms with Crippen molar-refractivity contribution < 1.29 is 14.3 Å². The number of benzene rings is 1. The molecule has 3 rings (SSSR count). The Labute approximate surface area is 137 Å². The van der Waals surface area contributed by atoms with Crippen LogP contribution in [-0.4, -0.2) is 42.5 Å². The Kier molecular flexibility index (Phi) is 4.04. The van der Waals surface area contributed by atoms with Gasteiger partial charge in [-0.05, 0) is 44.4 Å². The van der Waals surface area contributed by atoms with Crippen LogP contribution in [0.25, 0.3) is 0 Å². The van der Waals surface area contributed by atoms with E-state index in [0.717, 1.165) is 36.9 Å². The first-order chi connectivity index (χ1) is 10.9. The number of likely N-dealkylation sites (N-methyl/N-ethyl adjacent to an activating group) is 1. The molecule has 0 saturated carbocycles. The first kappa shape index (κ1) is 15.8. The molecule has 1 saturated heterocycles. The molecule has 1 aromatic carbocycles. The van der Waals surface area contributed by atoms with Gasteiger partial charge in [0.15, 0.2) is 0 Å². The van der Waals surface area contributed by atoms with Crippen molar-refractivity contribution in [3.05, 3.63) is 23.8 Å². The molecule has 2 aliphatic rings. The molecule has 2 aliphatic heterocycles. The number of likely N-dealkylation sites (tertiary alicyclic amines) is 1. The highest BCUT2D eigenvalue weighted by atomic mass is 16.5. The molecular weight excluding hydrogens is 292 g/mol. The molecule has 0 N–H and O–H groups in total. The number of rotatable bonds is 1. The lowest BCUT2D eigenvalue weighted by Gasteiger charge is -2.40. The Bertz CT molecular complexity index is 635. The highest BCUT2D eigenvalue weighted by molar-refractivity contribution is 6.16. The first-order valence-corrected chi connectivity index (χ1v) is 8.31. The van der Waals surface area contributed by atoms with Crippen molar-refractivity contribution in [2.45, 2.75) is 45.1 Å². The summed E-state index contributed by atoms with van der Waals surface area (Å²) in [6.07, 6.45) is 4.25. The number of fused-ring (bicyclic) bond motifs is 1. The van der Waals surface area contributed by atoms with Crippen LogP contribution >= 0.6 is 0 Å². The number of nitrogens with zero attached hydrogens (tertiary/aromatic N) is 2. The van der Waals surface area contributed by atoms with E-state index in [0.29, 0.717) is 18.8 Å². The van der Waals surface area contributed by atoms with Crippen molar-refractivity contribution in [2.75, 3.05) is 25.0 Å². The second-order valence-electron chi connectivity index (χ2n) is 6.68. The zero-order valence-corrected chi connectivity index (χ0v) is 14.1. The predicted octanol–water partition coefficient (Wildman–Crippen LogP) is 2.51. The Hall–Kier alpha value is -2.04. The predicted molar refractivity (Wildman–Crippen MR) is 88.7 cm³/mol. The lowest BCUT2D eigenvalue weighted by molar-refractivity contribution is -0.155. The van der Waals surface area contributed by atoms with Gasteiger partial charge in [0.2, 0.25) is 0 Å². The van der Waals surface area contributed by atoms with Crippen LogP contribution in [0.3, 0.4) is 0 Å². The minimum Gasteiger partial charge on any atom is -0.465 e. The molecule has 1 fully saturated rings. The Morgan fingerprint density at radius 1 is 1.17 bits per heavy atom. The van der Waals surface area contributed by atoms with Gasteiger partial charge in [0.1, 0.15) is 5.75 Å². The molecular formula is C18H24N2O3. The van der Waals surface area contributed by atoms with Gasteiger partial charge in [0, 0.05) is 20.1 Å². The number of hydrogen-bond acceptors (Lipinski definition) is 3. The number of carbonyl (C=O) groups excluding carboxylic acids is 2. The zero-order chi connectivity index (χ0) is 16.6. The molecule has 5 heteroatoms. The summed E-state index contributed by atoms with van der Waals surface area (Å²) >= 11 is 0. The normalized spacial score (nSPS) is 24.7. The molecule has 0 radical (unpaired) electrons. The van der Waals surface area contributed by atoms with Gasteiger partial charge in [-0.2, -0.15) is 0 Å². The molecule has 1 aromatic rings. The average Bonchev–Trinajstić information content (AvgIpc) is 2.82. The minimum atomic E-state index is -1.47. The lowest BCUT2D eigenvalue weighted by Crippen LogP contribution is -2.62. The number of anilines is 1. The molecule has 0 aliphatic carbocycles. The fraction of sp³-hybridized carbons (Fsp3) is 0.556. The standard InChI is InChI=1S/C18H24N2O3/c1-13-8-9-15-14(12-13)19(3)16(21)18(2,23-15)17(22)20-10-6-4-5-7-11-20/h8-9,12H,4-7,10-11H2,1-3H3. The van der Waals surface area contributed by atoms with Crippen molar-refractivity contribution in [3.8, 4) is 5.75 Å². The second-order valence-corrected chi connectivity index (χ2v) is 6.68. The first-order valence-electron chi connectivity index (χ1n) is 8.31. The van der Waals surface area contributed by atoms with E-state index in [-0.39, 0.29) is 11.8 Å². The number of hydrogen-bond donors (Lipinski definition) is 0. The van der Waals surface area contributed by atoms with Gasteiger partial charge in [0.25, 0.3) is 17.4 Å². The van der Waals surface area contributed by atoms with Crippen LogP contribution < -0.4 is 9.64 Å². The van der Waals surface area contributed by atoms with Crippen LogP contribution in [0.4, 0.5) is 5.69 Å². The molecule has 5 nitrogen and oxygen atoms in total. The van der Waals surface area contributed by atoms with Crippen molar-refractivity contribution in [1.29, 1.82) is 0 Å². The van der Waals surface area contributed by atoms with Gasteiger partial charge in [-0.1, -0.05) is 18.9 Å². The number of carbonyl (C=O) groups is 2. The molecule has 1 atom stereocenters. The zero-order valence-electron chi connectivity index (χ0n) is 14.1. The third kappa shape index (κ3) is 2.69. The molecule has 2 heterocycles. The molecule has 0 bridgehead atoms. The minimum absolute atomic E-state index is 0.220. The molecule has 0 aromatic heterocycles. The van der Waals surface area contributed by atoms with Crippen LogP contribution in [-0.2, 0) is 9.59 Å². The topological polar surface area (TPSA) is 49.9 Å². The average molecular weight is 316 g/mol. The maximum absolute atomic E-state index is 13.0. The van der Waals surface area contributed by atoms with Crippen LogP contribution in [0.2, 0.25) is 0 Å². The van der Waals surface area contributed by atoms with Gasteiger partial charge in [-0.15, -0.1) is 0 Å². The fourth-order valence-corrected chi connectivity index (χ4v) is 3.38. The van der Waals surface area contributed by atoms with Crippen molar-refractivity contribution in [3.63, 3.8) is 0 Å².